The molecule has 220 valence electrons. The van der Waals surface area contributed by atoms with Gasteiger partial charge in [0.1, 0.15) is 18.2 Å². The van der Waals surface area contributed by atoms with Crippen molar-refractivity contribution in [1.29, 1.82) is 0 Å². The summed E-state index contributed by atoms with van der Waals surface area (Å²) in [4.78, 5) is 49.8. The van der Waals surface area contributed by atoms with Gasteiger partial charge in [-0.1, -0.05) is 26.8 Å². The van der Waals surface area contributed by atoms with Gasteiger partial charge in [-0.15, -0.1) is 0 Å². The van der Waals surface area contributed by atoms with Gasteiger partial charge >= 0.3 is 24.1 Å². The van der Waals surface area contributed by atoms with E-state index in [1.165, 1.54) is 12.1 Å². The lowest BCUT2D eigenvalue weighted by Gasteiger charge is -2.24. The van der Waals surface area contributed by atoms with Crippen LogP contribution in [0.5, 0.6) is 11.5 Å². The van der Waals surface area contributed by atoms with E-state index in [1.807, 2.05) is 20.8 Å². The van der Waals surface area contributed by atoms with Crippen LogP contribution in [0.1, 0.15) is 87.1 Å². The third-order valence-corrected chi connectivity index (χ3v) is 6.71. The highest BCUT2D eigenvalue weighted by Gasteiger charge is 2.32. The summed E-state index contributed by atoms with van der Waals surface area (Å²) in [5.74, 6) is -1.50. The lowest BCUT2D eigenvalue weighted by molar-refractivity contribution is -0.155. The Morgan fingerprint density at radius 1 is 0.821 bits per heavy atom. The molecule has 0 heterocycles. The van der Waals surface area contributed by atoms with E-state index in [1.54, 1.807) is 47.6 Å². The molecule has 0 unspecified atom stereocenters. The molecule has 2 N–H and O–H groups in total. The summed E-state index contributed by atoms with van der Waals surface area (Å²) < 4.78 is 26.6. The predicted molar refractivity (Wildman–Crippen MR) is 145 cm³/mol. The van der Waals surface area contributed by atoms with Gasteiger partial charge in [-0.05, 0) is 84.9 Å². The second-order valence-electron chi connectivity index (χ2n) is 10.9. The number of carbonyl (C=O) groups is 4. The van der Waals surface area contributed by atoms with Crippen LogP contribution < -0.4 is 15.2 Å². The summed E-state index contributed by atoms with van der Waals surface area (Å²) in [6, 6.07) is 3.61. The minimum Gasteiger partial charge on any atom is -0.458 e. The molecular weight excluding hydrogens is 506 g/mol. The fourth-order valence-electron chi connectivity index (χ4n) is 2.78. The SMILES string of the molecule is CCCOC(=O)O[C@@H](C)[C@H](C)OC(=O)[C@@H](N)Cc1ccc(OC(=O)C(C)(C)CC)c(OC(=O)C(C)(C)CC)c1. The lowest BCUT2D eigenvalue weighted by Crippen LogP contribution is -2.39. The number of benzene rings is 1. The number of ether oxygens (including phenoxy) is 5. The van der Waals surface area contributed by atoms with Gasteiger partial charge in [0.05, 0.1) is 17.4 Å². The molecule has 1 aromatic carbocycles. The standard InChI is InChI=1S/C29H45NO9/c1-10-15-35-27(34)37-19(5)18(4)36-24(31)21(30)16-20-13-14-22(38-25(32)28(6,7)11-2)23(17-20)39-26(33)29(8,9)12-3/h13-14,17-19,21H,10-12,15-16,30H2,1-9H3/t18-,19-,21-/m0/s1. The summed E-state index contributed by atoms with van der Waals surface area (Å²) in [6.45, 7) is 16.0. The van der Waals surface area contributed by atoms with Gasteiger partial charge in [0.15, 0.2) is 11.5 Å². The number of hydrogen-bond acceptors (Lipinski definition) is 10. The second-order valence-corrected chi connectivity index (χ2v) is 10.9. The summed E-state index contributed by atoms with van der Waals surface area (Å²) in [7, 11) is 0. The maximum Gasteiger partial charge on any atom is 0.508 e. The maximum atomic E-state index is 12.8. The summed E-state index contributed by atoms with van der Waals surface area (Å²) >= 11 is 0. The van der Waals surface area contributed by atoms with Crippen LogP contribution in [0, 0.1) is 10.8 Å². The average Bonchev–Trinajstić information content (AvgIpc) is 2.88. The topological polar surface area (TPSA) is 140 Å². The highest BCUT2D eigenvalue weighted by atomic mass is 16.7. The molecule has 0 amide bonds. The Bertz CT molecular complexity index is 1000. The molecule has 0 aliphatic rings. The molecule has 10 heteroatoms. The predicted octanol–water partition coefficient (Wildman–Crippen LogP) is 5.12. The van der Waals surface area contributed by atoms with Crippen molar-refractivity contribution in [2.24, 2.45) is 16.6 Å². The van der Waals surface area contributed by atoms with Crippen LogP contribution in [0.25, 0.3) is 0 Å². The number of esters is 3. The van der Waals surface area contributed by atoms with Crippen molar-refractivity contribution in [1.82, 2.24) is 0 Å². The fourth-order valence-corrected chi connectivity index (χ4v) is 2.78. The molecule has 10 nitrogen and oxygen atoms in total. The van der Waals surface area contributed by atoms with Crippen LogP contribution in [0.3, 0.4) is 0 Å². The van der Waals surface area contributed by atoms with E-state index in [2.05, 4.69) is 0 Å². The van der Waals surface area contributed by atoms with Crippen molar-refractivity contribution >= 4 is 24.1 Å². The minimum absolute atomic E-state index is 0.0513. The third kappa shape index (κ3) is 10.5. The molecule has 0 radical (unpaired) electrons. The van der Waals surface area contributed by atoms with Gasteiger partial charge < -0.3 is 29.4 Å². The van der Waals surface area contributed by atoms with Crippen LogP contribution in [0.4, 0.5) is 4.79 Å². The van der Waals surface area contributed by atoms with Crippen LogP contribution >= 0.6 is 0 Å². The molecule has 0 aromatic heterocycles. The molecular formula is C29H45NO9. The van der Waals surface area contributed by atoms with Gasteiger partial charge in [0.25, 0.3) is 0 Å². The van der Waals surface area contributed by atoms with Gasteiger partial charge in [-0.3, -0.25) is 14.4 Å². The minimum atomic E-state index is -1.06. The Morgan fingerprint density at radius 3 is 1.85 bits per heavy atom. The van der Waals surface area contributed by atoms with Crippen molar-refractivity contribution in [2.45, 2.75) is 106 Å². The molecule has 0 bridgehead atoms. The third-order valence-electron chi connectivity index (χ3n) is 6.71. The zero-order chi connectivity index (χ0) is 30.0. The summed E-state index contributed by atoms with van der Waals surface area (Å²) in [5.41, 5.74) is 5.16. The molecule has 1 aromatic rings. The molecule has 3 atom stereocenters. The monoisotopic (exact) mass is 551 g/mol. The Kier molecular flexibility index (Phi) is 12.9. The Morgan fingerprint density at radius 2 is 1.33 bits per heavy atom. The quantitative estimate of drug-likeness (QED) is 0.244. The van der Waals surface area contributed by atoms with Crippen molar-refractivity contribution in [2.75, 3.05) is 6.61 Å². The molecule has 0 spiro atoms. The first-order chi connectivity index (χ1) is 18.1. The van der Waals surface area contributed by atoms with E-state index in [9.17, 15) is 19.2 Å². The van der Waals surface area contributed by atoms with E-state index in [0.717, 1.165) is 0 Å². The van der Waals surface area contributed by atoms with Crippen molar-refractivity contribution in [3.8, 4) is 11.5 Å². The first-order valence-electron chi connectivity index (χ1n) is 13.4. The van der Waals surface area contributed by atoms with Crippen molar-refractivity contribution < 1.29 is 42.9 Å². The Balaban J connectivity index is 3.04. The Labute approximate surface area is 231 Å². The van der Waals surface area contributed by atoms with E-state index in [0.29, 0.717) is 24.8 Å². The second kappa shape index (κ2) is 14.9. The molecule has 0 aliphatic heterocycles. The molecule has 0 aliphatic carbocycles. The van der Waals surface area contributed by atoms with Crippen LogP contribution in [-0.4, -0.2) is 48.9 Å². The van der Waals surface area contributed by atoms with Gasteiger partial charge in [-0.25, -0.2) is 4.79 Å². The highest BCUT2D eigenvalue weighted by molar-refractivity contribution is 5.81. The first kappa shape index (κ1) is 33.9. The highest BCUT2D eigenvalue weighted by Crippen LogP contribution is 2.34. The number of rotatable bonds is 14. The zero-order valence-corrected chi connectivity index (χ0v) is 24.8. The maximum absolute atomic E-state index is 12.8. The summed E-state index contributed by atoms with van der Waals surface area (Å²) in [6.07, 6.45) is -0.560. The molecule has 1 rings (SSSR count). The van der Waals surface area contributed by atoms with E-state index >= 15 is 0 Å². The summed E-state index contributed by atoms with van der Waals surface area (Å²) in [5, 5.41) is 0. The number of nitrogens with two attached hydrogens (primary N) is 1. The van der Waals surface area contributed by atoms with E-state index in [-0.39, 0.29) is 24.5 Å². The van der Waals surface area contributed by atoms with Crippen molar-refractivity contribution in [3.05, 3.63) is 23.8 Å². The number of hydrogen-bond donors (Lipinski definition) is 1. The lowest BCUT2D eigenvalue weighted by atomic mass is 9.90. The van der Waals surface area contributed by atoms with Gasteiger partial charge in [0, 0.05) is 0 Å². The van der Waals surface area contributed by atoms with E-state index < -0.39 is 53.1 Å². The van der Waals surface area contributed by atoms with Crippen molar-refractivity contribution in [3.63, 3.8) is 0 Å². The van der Waals surface area contributed by atoms with E-state index in [4.69, 9.17) is 29.4 Å². The zero-order valence-electron chi connectivity index (χ0n) is 24.8. The smallest absolute Gasteiger partial charge is 0.458 e. The van der Waals surface area contributed by atoms with Gasteiger partial charge in [0.2, 0.25) is 0 Å². The molecule has 0 fully saturated rings. The molecule has 39 heavy (non-hydrogen) atoms. The fraction of sp³-hybridized carbons (Fsp3) is 0.655. The van der Waals surface area contributed by atoms with Crippen LogP contribution in [-0.2, 0) is 35.0 Å². The van der Waals surface area contributed by atoms with Gasteiger partial charge in [-0.2, -0.15) is 0 Å². The Hall–Kier alpha value is -3.14. The first-order valence-corrected chi connectivity index (χ1v) is 13.4. The normalized spacial score (nSPS) is 14.0. The number of carbonyl (C=O) groups excluding carboxylic acids is 4. The van der Waals surface area contributed by atoms with Crippen LogP contribution in [0.2, 0.25) is 0 Å². The van der Waals surface area contributed by atoms with Crippen LogP contribution in [0.15, 0.2) is 18.2 Å². The largest absolute Gasteiger partial charge is 0.508 e. The average molecular weight is 552 g/mol. The molecule has 0 saturated carbocycles. The molecule has 0 saturated heterocycles.